The fraction of sp³-hybridized carbons (Fsp3) is 0.394. The maximum absolute atomic E-state index is 13.7. The largest absolute Gasteiger partial charge is 0.451 e. The highest BCUT2D eigenvalue weighted by Gasteiger charge is 2.27. The van der Waals surface area contributed by atoms with E-state index in [1.807, 2.05) is 34.9 Å². The van der Waals surface area contributed by atoms with Crippen LogP contribution in [0.15, 0.2) is 59.5 Å². The van der Waals surface area contributed by atoms with Crippen LogP contribution in [0.3, 0.4) is 0 Å². The lowest BCUT2D eigenvalue weighted by Crippen LogP contribution is -2.36. The average Bonchev–Trinajstić information content (AvgIpc) is 3.65. The average molecular weight is 552 g/mol. The number of aromatic nitrogens is 1. The van der Waals surface area contributed by atoms with Crippen LogP contribution in [-0.4, -0.2) is 72.6 Å². The zero-order chi connectivity index (χ0) is 27.9. The third kappa shape index (κ3) is 4.85. The van der Waals surface area contributed by atoms with Gasteiger partial charge in [0.15, 0.2) is 11.5 Å². The van der Waals surface area contributed by atoms with E-state index in [0.717, 1.165) is 61.3 Å². The molecule has 7 rings (SSSR count). The SMILES string of the molecule is CN1CCCC1CCNc1ccc2c(=O)c(C(=O)NCCN3CCCC3)cn3c2c1Oc1cc2ccccc2cc1-3. The predicted octanol–water partition coefficient (Wildman–Crippen LogP) is 4.97. The Balaban J connectivity index is 1.27. The van der Waals surface area contributed by atoms with Crippen molar-refractivity contribution in [2.75, 3.05) is 51.6 Å². The zero-order valence-corrected chi connectivity index (χ0v) is 23.6. The van der Waals surface area contributed by atoms with Crippen LogP contribution in [0.1, 0.15) is 42.5 Å². The lowest BCUT2D eigenvalue weighted by atomic mass is 10.0. The molecule has 2 N–H and O–H groups in total. The first-order chi connectivity index (χ1) is 20.1. The number of rotatable bonds is 8. The smallest absolute Gasteiger partial charge is 0.256 e. The molecule has 41 heavy (non-hydrogen) atoms. The lowest BCUT2D eigenvalue weighted by Gasteiger charge is -2.27. The Kier molecular flexibility index (Phi) is 6.88. The Morgan fingerprint density at radius 2 is 1.80 bits per heavy atom. The summed E-state index contributed by atoms with van der Waals surface area (Å²) in [6.07, 6.45) is 7.62. The lowest BCUT2D eigenvalue weighted by molar-refractivity contribution is 0.0948. The topological polar surface area (TPSA) is 78.8 Å². The summed E-state index contributed by atoms with van der Waals surface area (Å²) < 4.78 is 8.55. The molecule has 1 aromatic heterocycles. The molecule has 0 aliphatic carbocycles. The third-order valence-electron chi connectivity index (χ3n) is 9.04. The number of amides is 1. The summed E-state index contributed by atoms with van der Waals surface area (Å²) >= 11 is 0. The first-order valence-corrected chi connectivity index (χ1v) is 14.9. The third-order valence-corrected chi connectivity index (χ3v) is 9.04. The number of nitrogens with zero attached hydrogens (tertiary/aromatic N) is 3. The van der Waals surface area contributed by atoms with Crippen LogP contribution >= 0.6 is 0 Å². The number of hydrogen-bond donors (Lipinski definition) is 2. The van der Waals surface area contributed by atoms with Crippen LogP contribution in [0, 0.1) is 0 Å². The van der Waals surface area contributed by atoms with E-state index in [4.69, 9.17) is 4.74 Å². The fourth-order valence-electron chi connectivity index (χ4n) is 6.72. The van der Waals surface area contributed by atoms with E-state index < -0.39 is 0 Å². The molecule has 1 amide bonds. The minimum Gasteiger partial charge on any atom is -0.451 e. The molecular weight excluding hydrogens is 514 g/mol. The molecule has 3 aliphatic heterocycles. The summed E-state index contributed by atoms with van der Waals surface area (Å²) in [6.45, 7) is 5.42. The van der Waals surface area contributed by atoms with Crippen LogP contribution in [0.25, 0.3) is 27.4 Å². The van der Waals surface area contributed by atoms with Crippen molar-refractivity contribution < 1.29 is 9.53 Å². The Morgan fingerprint density at radius 1 is 1.00 bits per heavy atom. The number of carbonyl (C=O) groups is 1. The van der Waals surface area contributed by atoms with Gasteiger partial charge >= 0.3 is 0 Å². The Morgan fingerprint density at radius 3 is 2.59 bits per heavy atom. The summed E-state index contributed by atoms with van der Waals surface area (Å²) in [7, 11) is 2.20. The maximum atomic E-state index is 13.7. The second-order valence-corrected chi connectivity index (χ2v) is 11.6. The minimum absolute atomic E-state index is 0.149. The van der Waals surface area contributed by atoms with Crippen molar-refractivity contribution in [1.29, 1.82) is 0 Å². The quantitative estimate of drug-likeness (QED) is 0.284. The first kappa shape index (κ1) is 26.0. The fourth-order valence-corrected chi connectivity index (χ4v) is 6.72. The predicted molar refractivity (Wildman–Crippen MR) is 164 cm³/mol. The molecule has 8 nitrogen and oxygen atoms in total. The molecule has 1 unspecified atom stereocenters. The Labute approximate surface area is 239 Å². The summed E-state index contributed by atoms with van der Waals surface area (Å²) in [5, 5.41) is 9.21. The minimum atomic E-state index is -0.335. The highest BCUT2D eigenvalue weighted by Crippen LogP contribution is 2.45. The number of likely N-dealkylation sites (tertiary alicyclic amines) is 2. The highest BCUT2D eigenvalue weighted by atomic mass is 16.5. The summed E-state index contributed by atoms with van der Waals surface area (Å²) in [5.41, 5.74) is 2.23. The van der Waals surface area contributed by atoms with Gasteiger partial charge in [0.25, 0.3) is 5.91 Å². The van der Waals surface area contributed by atoms with E-state index in [0.29, 0.717) is 35.0 Å². The molecular formula is C33H37N5O3. The molecule has 3 aromatic carbocycles. The van der Waals surface area contributed by atoms with Crippen LogP contribution in [-0.2, 0) is 0 Å². The molecule has 1 atom stereocenters. The Hall–Kier alpha value is -3.88. The number of pyridine rings is 1. The monoisotopic (exact) mass is 551 g/mol. The summed E-state index contributed by atoms with van der Waals surface area (Å²) in [4.78, 5) is 31.9. The molecule has 0 bridgehead atoms. The molecule has 212 valence electrons. The van der Waals surface area contributed by atoms with E-state index in [2.05, 4.69) is 45.7 Å². The second kappa shape index (κ2) is 10.8. The van der Waals surface area contributed by atoms with Gasteiger partial charge in [0.05, 0.1) is 16.8 Å². The first-order valence-electron chi connectivity index (χ1n) is 14.9. The van der Waals surface area contributed by atoms with Crippen molar-refractivity contribution in [2.24, 2.45) is 0 Å². The van der Waals surface area contributed by atoms with Gasteiger partial charge in [0, 0.05) is 31.9 Å². The number of benzene rings is 3. The van der Waals surface area contributed by atoms with Crippen LogP contribution in [0.2, 0.25) is 0 Å². The van der Waals surface area contributed by atoms with Gasteiger partial charge in [-0.3, -0.25) is 9.59 Å². The number of anilines is 1. The van der Waals surface area contributed by atoms with E-state index in [1.54, 1.807) is 6.20 Å². The van der Waals surface area contributed by atoms with Gasteiger partial charge in [0.2, 0.25) is 5.43 Å². The molecule has 3 aliphatic rings. The standard InChI is InChI=1S/C33H37N5O3/c1-36-15-6-9-24(36)12-13-34-27-11-10-25-30-32(27)41-29-20-23-8-3-2-7-22(23)19-28(29)38(30)21-26(31(25)39)33(40)35-14-18-37-16-4-5-17-37/h2-3,7-8,10-11,19-21,24,34H,4-6,9,12-18H2,1H3,(H,35,40). The van der Waals surface area contributed by atoms with Gasteiger partial charge in [-0.15, -0.1) is 0 Å². The van der Waals surface area contributed by atoms with Crippen LogP contribution < -0.4 is 20.8 Å². The van der Waals surface area contributed by atoms with Crippen LogP contribution in [0.4, 0.5) is 5.69 Å². The Bertz CT molecular complexity index is 1690. The number of carbonyl (C=O) groups excluding carboxylic acids is 1. The van der Waals surface area contributed by atoms with Crippen LogP contribution in [0.5, 0.6) is 11.5 Å². The van der Waals surface area contributed by atoms with Gasteiger partial charge in [-0.25, -0.2) is 0 Å². The molecule has 0 spiro atoms. The molecule has 4 heterocycles. The molecule has 8 heteroatoms. The van der Waals surface area contributed by atoms with Gasteiger partial charge in [-0.2, -0.15) is 0 Å². The van der Waals surface area contributed by atoms with Crippen molar-refractivity contribution >= 4 is 33.3 Å². The highest BCUT2D eigenvalue weighted by molar-refractivity contribution is 6.01. The van der Waals surface area contributed by atoms with Gasteiger partial charge in [-0.1, -0.05) is 24.3 Å². The van der Waals surface area contributed by atoms with Gasteiger partial charge in [0.1, 0.15) is 11.1 Å². The maximum Gasteiger partial charge on any atom is 0.256 e. The van der Waals surface area contributed by atoms with Crippen molar-refractivity contribution in [2.45, 2.75) is 38.1 Å². The molecule has 2 fully saturated rings. The van der Waals surface area contributed by atoms with Crippen molar-refractivity contribution in [3.63, 3.8) is 0 Å². The van der Waals surface area contributed by atoms with Gasteiger partial charge in [-0.05, 0) is 93.8 Å². The number of hydrogen-bond acceptors (Lipinski definition) is 6. The second-order valence-electron chi connectivity index (χ2n) is 11.6. The zero-order valence-electron chi connectivity index (χ0n) is 23.6. The summed E-state index contributed by atoms with van der Waals surface area (Å²) in [5.74, 6) is 0.993. The van der Waals surface area contributed by atoms with E-state index >= 15 is 0 Å². The van der Waals surface area contributed by atoms with Crippen molar-refractivity contribution in [3.05, 3.63) is 70.5 Å². The summed E-state index contributed by atoms with van der Waals surface area (Å²) in [6, 6.07) is 16.6. The molecule has 0 saturated carbocycles. The molecule has 2 saturated heterocycles. The van der Waals surface area contributed by atoms with E-state index in [-0.39, 0.29) is 16.9 Å². The van der Waals surface area contributed by atoms with E-state index in [1.165, 1.54) is 25.7 Å². The molecule has 0 radical (unpaired) electrons. The number of fused-ring (bicyclic) bond motifs is 3. The van der Waals surface area contributed by atoms with Gasteiger partial charge < -0.3 is 29.7 Å². The number of nitrogens with one attached hydrogen (secondary N) is 2. The van der Waals surface area contributed by atoms with Crippen molar-refractivity contribution in [3.8, 4) is 17.2 Å². The van der Waals surface area contributed by atoms with E-state index in [9.17, 15) is 9.59 Å². The molecule has 4 aromatic rings. The van der Waals surface area contributed by atoms with Crippen molar-refractivity contribution in [1.82, 2.24) is 19.7 Å². The number of ether oxygens (including phenoxy) is 1. The normalized spacial score (nSPS) is 18.5.